The fraction of sp³-hybridized carbons (Fsp3) is 0.480. The lowest BCUT2D eigenvalue weighted by Crippen LogP contribution is -2.36. The van der Waals surface area contributed by atoms with Gasteiger partial charge in [-0.3, -0.25) is 9.48 Å². The molecule has 5 rings (SSSR count). The number of hydrogen-bond acceptors (Lipinski definition) is 5. The van der Waals surface area contributed by atoms with Gasteiger partial charge in [0.25, 0.3) is 5.91 Å². The topological polar surface area (TPSA) is 74.4 Å². The Morgan fingerprint density at radius 3 is 2.52 bits per heavy atom. The van der Waals surface area contributed by atoms with Crippen LogP contribution in [-0.2, 0) is 26.1 Å². The molecule has 1 amide bonds. The highest BCUT2D eigenvalue weighted by atomic mass is 16.5. The summed E-state index contributed by atoms with van der Waals surface area (Å²) in [6, 6.07) is 5.31. The standard InChI is InChI=1S/C25H31N5O3/c1-5-30-22-8-9-28(25(31)18-10-19(32-3)12-20(11-18)33-4)15-21(22)23(27-30)24-26-13-16(2)29(24)14-17-6-7-17/h10-13,17H,5-9,14-15H2,1-4H3. The van der Waals surface area contributed by atoms with Crippen LogP contribution in [-0.4, -0.2) is 50.9 Å². The number of amides is 1. The molecule has 33 heavy (non-hydrogen) atoms. The van der Waals surface area contributed by atoms with Gasteiger partial charge in [0.2, 0.25) is 0 Å². The summed E-state index contributed by atoms with van der Waals surface area (Å²) < 4.78 is 15.1. The fourth-order valence-corrected chi connectivity index (χ4v) is 4.66. The molecule has 0 spiro atoms. The number of aromatic nitrogens is 4. The smallest absolute Gasteiger partial charge is 0.254 e. The second-order valence-corrected chi connectivity index (χ2v) is 8.94. The van der Waals surface area contributed by atoms with Crippen LogP contribution < -0.4 is 9.47 Å². The van der Waals surface area contributed by atoms with Gasteiger partial charge in [-0.2, -0.15) is 5.10 Å². The molecule has 1 aromatic carbocycles. The van der Waals surface area contributed by atoms with E-state index in [2.05, 4.69) is 23.1 Å². The van der Waals surface area contributed by atoms with Crippen molar-refractivity contribution in [1.82, 2.24) is 24.2 Å². The van der Waals surface area contributed by atoms with Gasteiger partial charge in [-0.15, -0.1) is 0 Å². The Morgan fingerprint density at radius 1 is 1.15 bits per heavy atom. The predicted octanol–water partition coefficient (Wildman–Crippen LogP) is 3.70. The number of carbonyl (C=O) groups is 1. The van der Waals surface area contributed by atoms with Crippen molar-refractivity contribution in [3.05, 3.63) is 46.9 Å². The van der Waals surface area contributed by atoms with Crippen molar-refractivity contribution in [3.8, 4) is 23.0 Å². The highest BCUT2D eigenvalue weighted by Gasteiger charge is 2.31. The Bertz CT molecular complexity index is 1170. The second kappa shape index (κ2) is 8.57. The zero-order chi connectivity index (χ0) is 23.1. The van der Waals surface area contributed by atoms with E-state index < -0.39 is 0 Å². The van der Waals surface area contributed by atoms with Crippen molar-refractivity contribution in [2.45, 2.75) is 52.7 Å². The third-order valence-electron chi connectivity index (χ3n) is 6.72. The Labute approximate surface area is 194 Å². The quantitative estimate of drug-likeness (QED) is 0.550. The number of ether oxygens (including phenoxy) is 2. The van der Waals surface area contributed by atoms with Gasteiger partial charge in [0, 0.05) is 60.8 Å². The zero-order valence-corrected chi connectivity index (χ0v) is 19.8. The maximum absolute atomic E-state index is 13.5. The number of imidazole rings is 1. The molecule has 1 fully saturated rings. The highest BCUT2D eigenvalue weighted by Crippen LogP contribution is 2.35. The summed E-state index contributed by atoms with van der Waals surface area (Å²) in [7, 11) is 3.18. The number of nitrogens with zero attached hydrogens (tertiary/aromatic N) is 5. The number of fused-ring (bicyclic) bond motifs is 1. The molecule has 2 aromatic heterocycles. The van der Waals surface area contributed by atoms with Crippen LogP contribution >= 0.6 is 0 Å². The fourth-order valence-electron chi connectivity index (χ4n) is 4.66. The van der Waals surface area contributed by atoms with E-state index in [1.54, 1.807) is 32.4 Å². The Balaban J connectivity index is 1.49. The molecule has 3 aromatic rings. The molecule has 8 heteroatoms. The molecule has 0 radical (unpaired) electrons. The van der Waals surface area contributed by atoms with Gasteiger partial charge in [-0.25, -0.2) is 4.98 Å². The van der Waals surface area contributed by atoms with E-state index in [9.17, 15) is 4.79 Å². The minimum absolute atomic E-state index is 0.0365. The van der Waals surface area contributed by atoms with E-state index in [4.69, 9.17) is 19.6 Å². The van der Waals surface area contributed by atoms with Crippen LogP contribution in [0.1, 0.15) is 47.1 Å². The minimum Gasteiger partial charge on any atom is -0.497 e. The Morgan fingerprint density at radius 2 is 1.88 bits per heavy atom. The maximum Gasteiger partial charge on any atom is 0.254 e. The van der Waals surface area contributed by atoms with Crippen LogP contribution in [0.25, 0.3) is 11.5 Å². The van der Waals surface area contributed by atoms with E-state index in [1.807, 2.05) is 11.1 Å². The summed E-state index contributed by atoms with van der Waals surface area (Å²) in [5.74, 6) is 2.83. The molecule has 0 saturated heterocycles. The highest BCUT2D eigenvalue weighted by molar-refractivity contribution is 5.95. The average molecular weight is 450 g/mol. The van der Waals surface area contributed by atoms with Crippen LogP contribution in [0.2, 0.25) is 0 Å². The number of aryl methyl sites for hydroxylation is 2. The summed E-state index contributed by atoms with van der Waals surface area (Å²) >= 11 is 0. The molecule has 8 nitrogen and oxygen atoms in total. The molecule has 0 unspecified atom stereocenters. The van der Waals surface area contributed by atoms with Gasteiger partial charge in [0.1, 0.15) is 17.2 Å². The molecule has 1 saturated carbocycles. The normalized spacial score (nSPS) is 15.5. The van der Waals surface area contributed by atoms with Gasteiger partial charge in [0.05, 0.1) is 20.8 Å². The van der Waals surface area contributed by atoms with Gasteiger partial charge in [0.15, 0.2) is 5.82 Å². The summed E-state index contributed by atoms with van der Waals surface area (Å²) in [6.07, 6.45) is 5.27. The molecular formula is C25H31N5O3. The Kier molecular flexibility index (Phi) is 5.60. The third-order valence-corrected chi connectivity index (χ3v) is 6.72. The second-order valence-electron chi connectivity index (χ2n) is 8.94. The number of rotatable bonds is 7. The first-order valence-corrected chi connectivity index (χ1v) is 11.7. The van der Waals surface area contributed by atoms with Gasteiger partial charge < -0.3 is 18.9 Å². The number of benzene rings is 1. The van der Waals surface area contributed by atoms with Gasteiger partial charge in [-0.1, -0.05) is 0 Å². The molecule has 2 aliphatic rings. The van der Waals surface area contributed by atoms with Gasteiger partial charge in [-0.05, 0) is 44.7 Å². The molecule has 3 heterocycles. The van der Waals surface area contributed by atoms with E-state index in [-0.39, 0.29) is 5.91 Å². The van der Waals surface area contributed by atoms with Crippen LogP contribution in [0.5, 0.6) is 11.5 Å². The van der Waals surface area contributed by atoms with Crippen LogP contribution in [0.15, 0.2) is 24.4 Å². The lowest BCUT2D eigenvalue weighted by molar-refractivity contribution is 0.0732. The Hall–Kier alpha value is -3.29. The number of carbonyl (C=O) groups excluding carboxylic acids is 1. The predicted molar refractivity (Wildman–Crippen MR) is 125 cm³/mol. The molecule has 0 atom stereocenters. The summed E-state index contributed by atoms with van der Waals surface area (Å²) in [4.78, 5) is 20.1. The maximum atomic E-state index is 13.5. The van der Waals surface area contributed by atoms with Crippen molar-refractivity contribution in [2.75, 3.05) is 20.8 Å². The average Bonchev–Trinajstić information content (AvgIpc) is 3.50. The first kappa shape index (κ1) is 21.6. The summed E-state index contributed by atoms with van der Waals surface area (Å²) in [5, 5.41) is 4.96. The summed E-state index contributed by atoms with van der Waals surface area (Å²) in [5.41, 5.74) is 4.93. The van der Waals surface area contributed by atoms with Gasteiger partial charge >= 0.3 is 0 Å². The SMILES string of the molecule is CCn1nc(-c2ncc(C)n2CC2CC2)c2c1CCN(C(=O)c1cc(OC)cc(OC)c1)C2. The minimum atomic E-state index is -0.0365. The van der Waals surface area contributed by atoms with Crippen LogP contribution in [0, 0.1) is 12.8 Å². The van der Waals surface area contributed by atoms with Crippen molar-refractivity contribution in [2.24, 2.45) is 5.92 Å². The summed E-state index contributed by atoms with van der Waals surface area (Å²) in [6.45, 7) is 7.16. The molecule has 1 aliphatic heterocycles. The van der Waals surface area contributed by atoms with Crippen LogP contribution in [0.4, 0.5) is 0 Å². The largest absolute Gasteiger partial charge is 0.497 e. The van der Waals surface area contributed by atoms with Crippen molar-refractivity contribution in [3.63, 3.8) is 0 Å². The van der Waals surface area contributed by atoms with E-state index in [0.29, 0.717) is 30.2 Å². The monoisotopic (exact) mass is 449 g/mol. The first-order chi connectivity index (χ1) is 16.0. The number of hydrogen-bond donors (Lipinski definition) is 0. The zero-order valence-electron chi connectivity index (χ0n) is 19.8. The van der Waals surface area contributed by atoms with Crippen molar-refractivity contribution >= 4 is 5.91 Å². The molecule has 0 N–H and O–H groups in total. The third kappa shape index (κ3) is 3.98. The van der Waals surface area contributed by atoms with Crippen molar-refractivity contribution < 1.29 is 14.3 Å². The van der Waals surface area contributed by atoms with Crippen LogP contribution in [0.3, 0.4) is 0 Å². The van der Waals surface area contributed by atoms with Crippen molar-refractivity contribution in [1.29, 1.82) is 0 Å². The van der Waals surface area contributed by atoms with E-state index >= 15 is 0 Å². The molecular weight excluding hydrogens is 418 g/mol. The lowest BCUT2D eigenvalue weighted by Gasteiger charge is -2.28. The lowest BCUT2D eigenvalue weighted by atomic mass is 10.0. The first-order valence-electron chi connectivity index (χ1n) is 11.7. The molecule has 1 aliphatic carbocycles. The molecule has 174 valence electrons. The molecule has 0 bridgehead atoms. The van der Waals surface area contributed by atoms with E-state index in [1.165, 1.54) is 18.5 Å². The van der Waals surface area contributed by atoms with E-state index in [0.717, 1.165) is 48.2 Å². The number of methoxy groups -OCH3 is 2.